The smallest absolute Gasteiger partial charge is 0.739 e. The maximum absolute atomic E-state index is 10.5. The van der Waals surface area contributed by atoms with Crippen molar-refractivity contribution in [2.75, 3.05) is 19.0 Å². The Hall–Kier alpha value is 0.0800. The van der Waals surface area contributed by atoms with E-state index in [9.17, 15) is 18.1 Å². The molecule has 0 fully saturated rings. The van der Waals surface area contributed by atoms with Crippen molar-refractivity contribution in [3.8, 4) is 5.75 Å². The molecule has 0 spiro atoms. The Morgan fingerprint density at radius 1 is 1.38 bits per heavy atom. The molecule has 0 radical (unpaired) electrons. The summed E-state index contributed by atoms with van der Waals surface area (Å²) in [6.07, 6.45) is 0. The Bertz CT molecular complexity index is 461. The predicted molar refractivity (Wildman–Crippen MR) is 58.0 cm³/mol. The van der Waals surface area contributed by atoms with Gasteiger partial charge in [0.05, 0.1) is 4.90 Å². The summed E-state index contributed by atoms with van der Waals surface area (Å²) >= 11 is 0. The van der Waals surface area contributed by atoms with Crippen LogP contribution in [0.3, 0.4) is 0 Å². The van der Waals surface area contributed by atoms with Crippen LogP contribution in [0.5, 0.6) is 5.75 Å². The van der Waals surface area contributed by atoms with Crippen LogP contribution < -0.4 is 34.5 Å². The molecule has 5 nitrogen and oxygen atoms in total. The molecule has 0 aliphatic heterocycles. The fourth-order valence-corrected chi connectivity index (χ4v) is 2.56. The summed E-state index contributed by atoms with van der Waals surface area (Å²) in [5, 5.41) is 9.34. The van der Waals surface area contributed by atoms with E-state index in [2.05, 4.69) is 0 Å². The summed E-state index contributed by atoms with van der Waals surface area (Å²) in [6, 6.07) is 4.41. The molecule has 84 valence electrons. The van der Waals surface area contributed by atoms with Crippen LogP contribution in [0.2, 0.25) is 0 Å². The largest absolute Gasteiger partial charge is 1.00 e. The number of anilines is 1. The molecule has 0 aliphatic carbocycles. The van der Waals surface area contributed by atoms with E-state index in [-0.39, 0.29) is 51.0 Å². The molecule has 0 saturated heterocycles. The zero-order valence-corrected chi connectivity index (χ0v) is 12.8. The third-order valence-electron chi connectivity index (χ3n) is 1.65. The van der Waals surface area contributed by atoms with Gasteiger partial charge >= 0.3 is 29.6 Å². The molecule has 0 aliphatic rings. The standard InChI is InChI=1S/C8H11NO4S2.Na/c1-9(2)6-3-4-7(10)8(5-6)14-15(11,12)13;/h3-5,10H,1-2H3,(H,11,12,13);/q;+1/p-1. The normalized spacial score (nSPS) is 10.7. The average molecular weight is 271 g/mol. The van der Waals surface area contributed by atoms with Gasteiger partial charge in [-0.05, 0) is 29.0 Å². The van der Waals surface area contributed by atoms with Crippen molar-refractivity contribution < 1.29 is 47.6 Å². The summed E-state index contributed by atoms with van der Waals surface area (Å²) in [5.74, 6) is -0.218. The Morgan fingerprint density at radius 3 is 2.38 bits per heavy atom. The fraction of sp³-hybridized carbons (Fsp3) is 0.250. The van der Waals surface area contributed by atoms with Gasteiger partial charge < -0.3 is 14.6 Å². The minimum Gasteiger partial charge on any atom is -0.739 e. The van der Waals surface area contributed by atoms with E-state index in [0.29, 0.717) is 5.69 Å². The first-order chi connectivity index (χ1) is 6.79. The SMILES string of the molecule is CN(C)c1ccc(O)c(SS(=O)(=O)[O-])c1.[Na+]. The van der Waals surface area contributed by atoms with Gasteiger partial charge in [0.25, 0.3) is 0 Å². The second-order valence-electron chi connectivity index (χ2n) is 3.04. The number of phenols is 1. The van der Waals surface area contributed by atoms with Crippen LogP contribution in [0.15, 0.2) is 23.1 Å². The number of hydrogen-bond donors (Lipinski definition) is 1. The van der Waals surface area contributed by atoms with Crippen molar-refractivity contribution in [2.24, 2.45) is 0 Å². The number of nitrogens with zero attached hydrogens (tertiary/aromatic N) is 1. The van der Waals surface area contributed by atoms with Gasteiger partial charge in [0.15, 0.2) is 9.15 Å². The van der Waals surface area contributed by atoms with Gasteiger partial charge in [-0.25, -0.2) is 8.42 Å². The van der Waals surface area contributed by atoms with Gasteiger partial charge in [0, 0.05) is 19.8 Å². The fourth-order valence-electron chi connectivity index (χ4n) is 0.958. The van der Waals surface area contributed by atoms with Crippen molar-refractivity contribution in [3.05, 3.63) is 18.2 Å². The monoisotopic (exact) mass is 271 g/mol. The molecule has 1 aromatic carbocycles. The molecule has 0 atom stereocenters. The maximum atomic E-state index is 10.5. The van der Waals surface area contributed by atoms with E-state index in [1.54, 1.807) is 25.1 Å². The van der Waals surface area contributed by atoms with Crippen molar-refractivity contribution in [1.29, 1.82) is 0 Å². The summed E-state index contributed by atoms with van der Waals surface area (Å²) < 4.78 is 31.6. The Labute approximate surface area is 120 Å². The molecule has 1 N–H and O–H groups in total. The van der Waals surface area contributed by atoms with Crippen LogP contribution in [0.4, 0.5) is 5.69 Å². The van der Waals surface area contributed by atoms with E-state index in [4.69, 9.17) is 0 Å². The van der Waals surface area contributed by atoms with E-state index in [1.807, 2.05) is 0 Å². The summed E-state index contributed by atoms with van der Waals surface area (Å²) in [5.41, 5.74) is 0.707. The molecule has 1 rings (SSSR count). The van der Waals surface area contributed by atoms with Gasteiger partial charge in [-0.2, -0.15) is 0 Å². The molecule has 1 aromatic rings. The summed E-state index contributed by atoms with van der Waals surface area (Å²) in [7, 11) is -0.814. The van der Waals surface area contributed by atoms with Gasteiger partial charge in [-0.15, -0.1) is 0 Å². The number of hydrogen-bond acceptors (Lipinski definition) is 6. The Kier molecular flexibility index (Phi) is 6.16. The number of phenolic OH excluding ortho intramolecular Hbond substituents is 1. The molecule has 0 bridgehead atoms. The predicted octanol–water partition coefficient (Wildman–Crippen LogP) is -1.99. The molecule has 0 saturated carbocycles. The third kappa shape index (κ3) is 4.94. The van der Waals surface area contributed by atoms with Crippen LogP contribution in [0.1, 0.15) is 0 Å². The first-order valence-electron chi connectivity index (χ1n) is 3.95. The number of rotatable bonds is 3. The van der Waals surface area contributed by atoms with E-state index in [0.717, 1.165) is 0 Å². The van der Waals surface area contributed by atoms with Crippen molar-refractivity contribution in [3.63, 3.8) is 0 Å². The second kappa shape index (κ2) is 6.13. The minimum absolute atomic E-state index is 0. The van der Waals surface area contributed by atoms with Gasteiger partial charge in [-0.1, -0.05) is 0 Å². The molecule has 0 heterocycles. The molecule has 0 unspecified atom stereocenters. The summed E-state index contributed by atoms with van der Waals surface area (Å²) in [4.78, 5) is 1.78. The van der Waals surface area contributed by atoms with Crippen LogP contribution in [-0.2, 0) is 9.15 Å². The number of benzene rings is 1. The van der Waals surface area contributed by atoms with Gasteiger partial charge in [0.1, 0.15) is 5.75 Å². The summed E-state index contributed by atoms with van der Waals surface area (Å²) in [6.45, 7) is 0. The van der Waals surface area contributed by atoms with Gasteiger partial charge in [0.2, 0.25) is 0 Å². The first-order valence-corrected chi connectivity index (χ1v) is 6.69. The van der Waals surface area contributed by atoms with E-state index < -0.39 is 9.15 Å². The van der Waals surface area contributed by atoms with Crippen molar-refractivity contribution >= 4 is 25.6 Å². The van der Waals surface area contributed by atoms with Crippen LogP contribution in [-0.4, -0.2) is 32.2 Å². The van der Waals surface area contributed by atoms with Crippen molar-refractivity contribution in [2.45, 2.75) is 4.90 Å². The average Bonchev–Trinajstić information content (AvgIpc) is 2.06. The van der Waals surface area contributed by atoms with Crippen molar-refractivity contribution in [1.82, 2.24) is 0 Å². The molecule has 0 aromatic heterocycles. The van der Waals surface area contributed by atoms with E-state index >= 15 is 0 Å². The third-order valence-corrected chi connectivity index (χ3v) is 3.51. The quantitative estimate of drug-likeness (QED) is 0.390. The zero-order chi connectivity index (χ0) is 11.6. The first kappa shape index (κ1) is 16.1. The maximum Gasteiger partial charge on any atom is 1.00 e. The molecule has 0 amide bonds. The molecule has 8 heteroatoms. The zero-order valence-electron chi connectivity index (χ0n) is 9.17. The Morgan fingerprint density at radius 2 is 1.94 bits per heavy atom. The Balaban J connectivity index is 0.00000225. The second-order valence-corrected chi connectivity index (χ2v) is 6.19. The van der Waals surface area contributed by atoms with Crippen LogP contribution in [0, 0.1) is 0 Å². The van der Waals surface area contributed by atoms with Crippen LogP contribution in [0.25, 0.3) is 0 Å². The number of aromatic hydroxyl groups is 1. The van der Waals surface area contributed by atoms with E-state index in [1.165, 1.54) is 12.1 Å². The van der Waals surface area contributed by atoms with Crippen LogP contribution >= 0.6 is 10.8 Å². The molecule has 16 heavy (non-hydrogen) atoms. The minimum atomic E-state index is -4.45. The topological polar surface area (TPSA) is 80.7 Å². The molecular weight excluding hydrogens is 261 g/mol. The van der Waals surface area contributed by atoms with Gasteiger partial charge in [-0.3, -0.25) is 0 Å². The molecular formula is C8H10NNaO4S2.